The molecular formula is C16H16N2O3S. The first-order valence-corrected chi connectivity index (χ1v) is 7.96. The molecule has 0 saturated carbocycles. The normalized spacial score (nSPS) is 16.8. The molecule has 22 heavy (non-hydrogen) atoms. The number of fused-ring (bicyclic) bond motifs is 1. The van der Waals surface area contributed by atoms with Gasteiger partial charge in [0, 0.05) is 11.3 Å². The van der Waals surface area contributed by atoms with Crippen molar-refractivity contribution < 1.29 is 14.3 Å². The predicted octanol–water partition coefficient (Wildman–Crippen LogP) is 2.73. The zero-order chi connectivity index (χ0) is 15.7. The van der Waals surface area contributed by atoms with E-state index < -0.39 is 12.1 Å². The van der Waals surface area contributed by atoms with Crippen LogP contribution >= 0.6 is 11.3 Å². The second kappa shape index (κ2) is 5.88. The minimum absolute atomic E-state index is 0.334. The number of carbonyl (C=O) groups excluding carboxylic acids is 2. The molecule has 1 atom stereocenters. The molecular weight excluding hydrogens is 300 g/mol. The molecule has 1 aromatic heterocycles. The molecule has 1 N–H and O–H groups in total. The maximum atomic E-state index is 12.3. The van der Waals surface area contributed by atoms with Crippen LogP contribution in [0.2, 0.25) is 0 Å². The molecule has 1 aliphatic heterocycles. The van der Waals surface area contributed by atoms with Crippen molar-refractivity contribution in [3.05, 3.63) is 46.0 Å². The zero-order valence-corrected chi connectivity index (χ0v) is 13.2. The van der Waals surface area contributed by atoms with Crippen molar-refractivity contribution in [3.8, 4) is 0 Å². The van der Waals surface area contributed by atoms with Crippen molar-refractivity contribution in [2.75, 3.05) is 5.32 Å². The number of hydrogen-bond donors (Lipinski definition) is 1. The average Bonchev–Trinajstić information content (AvgIpc) is 2.87. The van der Waals surface area contributed by atoms with Crippen molar-refractivity contribution in [1.29, 1.82) is 0 Å². The number of amides is 1. The van der Waals surface area contributed by atoms with Gasteiger partial charge in [0.2, 0.25) is 0 Å². The molecule has 0 saturated heterocycles. The highest BCUT2D eigenvalue weighted by atomic mass is 32.1. The third-order valence-electron chi connectivity index (χ3n) is 3.64. The van der Waals surface area contributed by atoms with Crippen LogP contribution in [0.3, 0.4) is 0 Å². The second-order valence-electron chi connectivity index (χ2n) is 5.12. The largest absolute Gasteiger partial charge is 0.448 e. The Labute approximate surface area is 132 Å². The summed E-state index contributed by atoms with van der Waals surface area (Å²) in [6, 6.07) is 7.19. The highest BCUT2D eigenvalue weighted by molar-refractivity contribution is 7.15. The zero-order valence-electron chi connectivity index (χ0n) is 12.4. The Morgan fingerprint density at radius 2 is 2.23 bits per heavy atom. The molecule has 0 aliphatic carbocycles. The maximum absolute atomic E-state index is 12.3. The van der Waals surface area contributed by atoms with Gasteiger partial charge in [-0.25, -0.2) is 9.78 Å². The molecule has 1 aromatic carbocycles. The van der Waals surface area contributed by atoms with E-state index in [4.69, 9.17) is 4.74 Å². The monoisotopic (exact) mass is 316 g/mol. The first-order chi connectivity index (χ1) is 10.6. The van der Waals surface area contributed by atoms with Gasteiger partial charge < -0.3 is 4.74 Å². The first kappa shape index (κ1) is 14.7. The molecule has 1 amide bonds. The Morgan fingerprint density at radius 1 is 1.45 bits per heavy atom. The van der Waals surface area contributed by atoms with E-state index >= 15 is 0 Å². The number of aryl methyl sites for hydroxylation is 2. The lowest BCUT2D eigenvalue weighted by Crippen LogP contribution is -2.37. The van der Waals surface area contributed by atoms with Crippen LogP contribution < -0.4 is 5.32 Å². The van der Waals surface area contributed by atoms with Crippen molar-refractivity contribution in [1.82, 2.24) is 4.98 Å². The third kappa shape index (κ3) is 2.74. The quantitative estimate of drug-likeness (QED) is 0.884. The molecule has 3 rings (SSSR count). The van der Waals surface area contributed by atoms with Gasteiger partial charge in [0.25, 0.3) is 5.91 Å². The molecule has 5 nitrogen and oxygen atoms in total. The van der Waals surface area contributed by atoms with E-state index in [9.17, 15) is 9.59 Å². The number of rotatable bonds is 3. The van der Waals surface area contributed by atoms with E-state index in [2.05, 4.69) is 10.3 Å². The van der Waals surface area contributed by atoms with Crippen molar-refractivity contribution in [3.63, 3.8) is 0 Å². The molecule has 0 bridgehead atoms. The topological polar surface area (TPSA) is 68.3 Å². The second-order valence-corrected chi connectivity index (χ2v) is 6.32. The van der Waals surface area contributed by atoms with Crippen LogP contribution in [-0.4, -0.2) is 23.0 Å². The van der Waals surface area contributed by atoms with Crippen LogP contribution in [0.1, 0.15) is 33.4 Å². The summed E-state index contributed by atoms with van der Waals surface area (Å²) >= 11 is 1.43. The van der Waals surface area contributed by atoms with E-state index in [1.807, 2.05) is 26.0 Å². The summed E-state index contributed by atoms with van der Waals surface area (Å²) in [5.74, 6) is -0.786. The van der Waals surface area contributed by atoms with Gasteiger partial charge in [0.1, 0.15) is 0 Å². The van der Waals surface area contributed by atoms with Gasteiger partial charge in [0.15, 0.2) is 11.2 Å². The van der Waals surface area contributed by atoms with Gasteiger partial charge in [-0.2, -0.15) is 0 Å². The number of hydrogen-bond acceptors (Lipinski definition) is 5. The van der Waals surface area contributed by atoms with Gasteiger partial charge in [-0.1, -0.05) is 25.1 Å². The number of thiazole rings is 1. The summed E-state index contributed by atoms with van der Waals surface area (Å²) in [5, 5.41) is 3.30. The van der Waals surface area contributed by atoms with Gasteiger partial charge in [-0.3, -0.25) is 10.1 Å². The number of carbonyl (C=O) groups is 2. The summed E-state index contributed by atoms with van der Waals surface area (Å²) < 4.78 is 5.24. The van der Waals surface area contributed by atoms with Crippen LogP contribution in [0.4, 0.5) is 5.13 Å². The van der Waals surface area contributed by atoms with Crippen LogP contribution in [0.5, 0.6) is 0 Å². The summed E-state index contributed by atoms with van der Waals surface area (Å²) in [7, 11) is 0. The van der Waals surface area contributed by atoms with E-state index in [-0.39, 0.29) is 5.91 Å². The number of nitrogens with zero attached hydrogens (tertiary/aromatic N) is 1. The molecule has 1 aliphatic rings. The predicted molar refractivity (Wildman–Crippen MR) is 84.2 cm³/mol. The number of ether oxygens (including phenoxy) is 1. The molecule has 6 heteroatoms. The summed E-state index contributed by atoms with van der Waals surface area (Å²) in [6.07, 6.45) is 0.402. The third-order valence-corrected chi connectivity index (χ3v) is 4.57. The SMILES string of the molecule is CCc1nc(NC(=O)[C@H]2Cc3ccccc3C(=O)O2)sc1C. The number of nitrogens with one attached hydrogen (secondary N) is 1. The van der Waals surface area contributed by atoms with Gasteiger partial charge in [0.05, 0.1) is 11.3 Å². The molecule has 0 unspecified atom stereocenters. The van der Waals surface area contributed by atoms with Crippen molar-refractivity contribution >= 4 is 28.3 Å². The summed E-state index contributed by atoms with van der Waals surface area (Å²) in [4.78, 5) is 29.7. The standard InChI is InChI=1S/C16H16N2O3S/c1-3-12-9(2)22-16(17-12)18-14(19)13-8-10-6-4-5-7-11(10)15(20)21-13/h4-7,13H,3,8H2,1-2H3,(H,17,18,19)/t13-/m1/s1. The molecule has 2 aromatic rings. The van der Waals surface area contributed by atoms with Crippen LogP contribution in [0.25, 0.3) is 0 Å². The highest BCUT2D eigenvalue weighted by Crippen LogP contribution is 2.25. The van der Waals surface area contributed by atoms with Gasteiger partial charge in [-0.05, 0) is 25.0 Å². The van der Waals surface area contributed by atoms with Crippen molar-refractivity contribution in [2.45, 2.75) is 32.8 Å². The Morgan fingerprint density at radius 3 is 2.95 bits per heavy atom. The number of anilines is 1. The molecule has 0 spiro atoms. The van der Waals surface area contributed by atoms with E-state index in [1.165, 1.54) is 11.3 Å². The van der Waals surface area contributed by atoms with E-state index in [0.29, 0.717) is 17.1 Å². The molecule has 114 valence electrons. The number of benzene rings is 1. The maximum Gasteiger partial charge on any atom is 0.339 e. The fourth-order valence-corrected chi connectivity index (χ4v) is 3.38. The minimum Gasteiger partial charge on any atom is -0.448 e. The van der Waals surface area contributed by atoms with Crippen LogP contribution in [0.15, 0.2) is 24.3 Å². The smallest absolute Gasteiger partial charge is 0.339 e. The fraction of sp³-hybridized carbons (Fsp3) is 0.312. The molecule has 0 radical (unpaired) electrons. The van der Waals surface area contributed by atoms with Crippen LogP contribution in [0, 0.1) is 6.92 Å². The van der Waals surface area contributed by atoms with Crippen LogP contribution in [-0.2, 0) is 22.4 Å². The van der Waals surface area contributed by atoms with Crippen molar-refractivity contribution in [2.24, 2.45) is 0 Å². The lowest BCUT2D eigenvalue weighted by atomic mass is 9.98. The van der Waals surface area contributed by atoms with E-state index in [0.717, 1.165) is 22.6 Å². The Hall–Kier alpha value is -2.21. The first-order valence-electron chi connectivity index (χ1n) is 7.14. The molecule has 2 heterocycles. The van der Waals surface area contributed by atoms with Gasteiger partial charge >= 0.3 is 5.97 Å². The number of esters is 1. The van der Waals surface area contributed by atoms with E-state index in [1.54, 1.807) is 12.1 Å². The van der Waals surface area contributed by atoms with Gasteiger partial charge in [-0.15, -0.1) is 11.3 Å². The Kier molecular flexibility index (Phi) is 3.94. The average molecular weight is 316 g/mol. The lowest BCUT2D eigenvalue weighted by molar-refractivity contribution is -0.125. The summed E-state index contributed by atoms with van der Waals surface area (Å²) in [5.41, 5.74) is 2.35. The lowest BCUT2D eigenvalue weighted by Gasteiger charge is -2.23. The number of cyclic esters (lactones) is 1. The summed E-state index contributed by atoms with van der Waals surface area (Å²) in [6.45, 7) is 4.00. The highest BCUT2D eigenvalue weighted by Gasteiger charge is 2.31. The fourth-order valence-electron chi connectivity index (χ4n) is 2.47. The Bertz CT molecular complexity index is 739. The number of aromatic nitrogens is 1. The molecule has 0 fully saturated rings. The Balaban J connectivity index is 1.75. The minimum atomic E-state index is -0.809.